The first-order valence-corrected chi connectivity index (χ1v) is 8.99. The minimum absolute atomic E-state index is 0.140. The fourth-order valence-corrected chi connectivity index (χ4v) is 4.85. The van der Waals surface area contributed by atoms with Crippen LogP contribution in [-0.2, 0) is 18.9 Å². The van der Waals surface area contributed by atoms with E-state index in [2.05, 4.69) is 0 Å². The van der Waals surface area contributed by atoms with Crippen LogP contribution in [0.1, 0.15) is 6.42 Å². The highest BCUT2D eigenvalue weighted by Crippen LogP contribution is 2.54. The van der Waals surface area contributed by atoms with Crippen LogP contribution in [0.4, 0.5) is 0 Å². The van der Waals surface area contributed by atoms with Gasteiger partial charge in [-0.3, -0.25) is 0 Å². The van der Waals surface area contributed by atoms with Gasteiger partial charge in [0.1, 0.15) is 30.0 Å². The topological polar surface area (TPSA) is 158 Å². The first kappa shape index (κ1) is 19.2. The fraction of sp³-hybridized carbons (Fsp3) is 1.00. The number of alkyl halides is 1. The number of aliphatic hydroxyl groups excluding tert-OH is 5. The summed E-state index contributed by atoms with van der Waals surface area (Å²) in [7, 11) is 0. The average molecular weight is 399 g/mol. The Labute approximate surface area is 153 Å². The standard InChI is InChI=1S/C15H23ClO10/c16-12-8(18)4-1-6-23-3-15(12,22)7(4)13(25-6)26-14-11(21)10(20)9(19)5(2-17)24-14/h4-14,17-22H,1-3H2/t4-,5-,6-,7-,8+,9-,10+,11-,12-,13+,14+,15+/m1/s1. The molecule has 10 nitrogen and oxygen atoms in total. The van der Waals surface area contributed by atoms with Gasteiger partial charge in [-0.05, 0) is 0 Å². The zero-order valence-corrected chi connectivity index (χ0v) is 14.4. The lowest BCUT2D eigenvalue weighted by atomic mass is 9.83. The Hall–Kier alpha value is -0.110. The first-order valence-electron chi connectivity index (χ1n) is 8.55. The maximum absolute atomic E-state index is 11.0. The molecule has 12 atom stereocenters. The Balaban J connectivity index is 1.57. The zero-order valence-electron chi connectivity index (χ0n) is 13.7. The predicted octanol–water partition coefficient (Wildman–Crippen LogP) is -3.15. The number of ether oxygens (including phenoxy) is 4. The van der Waals surface area contributed by atoms with Crippen molar-refractivity contribution < 1.29 is 49.6 Å². The van der Waals surface area contributed by atoms with E-state index in [-0.39, 0.29) is 6.61 Å². The van der Waals surface area contributed by atoms with Crippen LogP contribution in [0.5, 0.6) is 0 Å². The zero-order chi connectivity index (χ0) is 18.8. The van der Waals surface area contributed by atoms with Crippen LogP contribution in [0, 0.1) is 11.8 Å². The van der Waals surface area contributed by atoms with Gasteiger partial charge in [-0.25, -0.2) is 0 Å². The molecule has 0 unspecified atom stereocenters. The summed E-state index contributed by atoms with van der Waals surface area (Å²) < 4.78 is 22.2. The van der Waals surface area contributed by atoms with Crippen LogP contribution in [0.3, 0.4) is 0 Å². The number of aliphatic hydroxyl groups is 6. The van der Waals surface area contributed by atoms with E-state index in [1.54, 1.807) is 0 Å². The third-order valence-electron chi connectivity index (χ3n) is 5.92. The van der Waals surface area contributed by atoms with Crippen LogP contribution in [0.15, 0.2) is 0 Å². The van der Waals surface area contributed by atoms with Gasteiger partial charge in [0.05, 0.1) is 24.7 Å². The largest absolute Gasteiger partial charge is 0.394 e. The summed E-state index contributed by atoms with van der Waals surface area (Å²) in [4.78, 5) is 0. The summed E-state index contributed by atoms with van der Waals surface area (Å²) in [5.74, 6) is -1.19. The molecule has 5 fully saturated rings. The van der Waals surface area contributed by atoms with E-state index < -0.39 is 78.8 Å². The van der Waals surface area contributed by atoms with E-state index in [0.717, 1.165) is 0 Å². The maximum Gasteiger partial charge on any atom is 0.189 e. The molecule has 6 N–H and O–H groups in total. The number of hydrogen-bond acceptors (Lipinski definition) is 10. The molecule has 0 aromatic carbocycles. The highest BCUT2D eigenvalue weighted by molar-refractivity contribution is 6.22. The SMILES string of the molecule is OC[C@H]1O[C@@H](O[C@@H]2O[C@@H]3C[C@H]4[C@H](O)[C@@H](Cl)[C@](O)(CO3)[C@@H]24)[C@H](O)[C@@H](O)[C@@H]1O. The molecule has 150 valence electrons. The lowest BCUT2D eigenvalue weighted by molar-refractivity contribution is -0.370. The van der Waals surface area contributed by atoms with Crippen LogP contribution < -0.4 is 0 Å². The Bertz CT molecular complexity index is 537. The van der Waals surface area contributed by atoms with E-state index in [1.165, 1.54) is 0 Å². The Kier molecular flexibility index (Phi) is 4.99. The molecule has 0 radical (unpaired) electrons. The monoisotopic (exact) mass is 398 g/mol. The van der Waals surface area contributed by atoms with Gasteiger partial charge in [0.15, 0.2) is 18.9 Å². The molecule has 0 spiro atoms. The molecule has 1 aliphatic carbocycles. The second-order valence-corrected chi connectivity index (χ2v) is 7.86. The van der Waals surface area contributed by atoms with Gasteiger partial charge in [-0.1, -0.05) is 0 Å². The smallest absolute Gasteiger partial charge is 0.189 e. The van der Waals surface area contributed by atoms with Gasteiger partial charge >= 0.3 is 0 Å². The van der Waals surface area contributed by atoms with E-state index in [4.69, 9.17) is 30.5 Å². The average Bonchev–Trinajstić information content (AvgIpc) is 2.77. The van der Waals surface area contributed by atoms with E-state index in [1.807, 2.05) is 0 Å². The number of halogens is 1. The van der Waals surface area contributed by atoms with Gasteiger partial charge < -0.3 is 49.6 Å². The quantitative estimate of drug-likeness (QED) is 0.268. The van der Waals surface area contributed by atoms with Crippen molar-refractivity contribution >= 4 is 11.6 Å². The molecular weight excluding hydrogens is 376 g/mol. The minimum Gasteiger partial charge on any atom is -0.394 e. The van der Waals surface area contributed by atoms with Gasteiger partial charge in [-0.15, -0.1) is 11.6 Å². The molecule has 4 heterocycles. The lowest BCUT2D eigenvalue weighted by Crippen LogP contribution is -2.61. The Morgan fingerprint density at radius 1 is 1.00 bits per heavy atom. The first-order chi connectivity index (χ1) is 12.3. The number of rotatable bonds is 3. The number of hydrogen-bond donors (Lipinski definition) is 6. The molecule has 0 aromatic rings. The predicted molar refractivity (Wildman–Crippen MR) is 81.7 cm³/mol. The number of fused-ring (bicyclic) bond motifs is 2. The third-order valence-corrected chi connectivity index (χ3v) is 6.55. The molecule has 1 saturated carbocycles. The molecule has 4 aliphatic heterocycles. The molecule has 5 aliphatic rings. The molecule has 0 aromatic heterocycles. The van der Waals surface area contributed by atoms with Crippen molar-refractivity contribution in [3.8, 4) is 0 Å². The highest BCUT2D eigenvalue weighted by Gasteiger charge is 2.67. The lowest BCUT2D eigenvalue weighted by Gasteiger charge is -2.44. The summed E-state index contributed by atoms with van der Waals surface area (Å²) in [6, 6.07) is 0. The van der Waals surface area contributed by atoms with Crippen molar-refractivity contribution in [3.05, 3.63) is 0 Å². The van der Waals surface area contributed by atoms with Crippen molar-refractivity contribution in [1.29, 1.82) is 0 Å². The molecule has 26 heavy (non-hydrogen) atoms. The summed E-state index contributed by atoms with van der Waals surface area (Å²) >= 11 is 6.22. The van der Waals surface area contributed by atoms with Crippen LogP contribution in [0.2, 0.25) is 0 Å². The fourth-order valence-electron chi connectivity index (χ4n) is 4.45. The second-order valence-electron chi connectivity index (χ2n) is 7.39. The Morgan fingerprint density at radius 2 is 1.73 bits per heavy atom. The summed E-state index contributed by atoms with van der Waals surface area (Å²) in [6.07, 6.45) is -9.81. The summed E-state index contributed by atoms with van der Waals surface area (Å²) in [6.45, 7) is -0.737. The minimum atomic E-state index is -1.61. The van der Waals surface area contributed by atoms with Crippen LogP contribution in [-0.4, -0.2) is 104 Å². The van der Waals surface area contributed by atoms with Gasteiger partial charge in [0.25, 0.3) is 0 Å². The maximum atomic E-state index is 11.0. The third kappa shape index (κ3) is 2.72. The summed E-state index contributed by atoms with van der Waals surface area (Å²) in [5.41, 5.74) is -1.60. The van der Waals surface area contributed by atoms with E-state index >= 15 is 0 Å². The van der Waals surface area contributed by atoms with Crippen molar-refractivity contribution in [2.24, 2.45) is 11.8 Å². The van der Waals surface area contributed by atoms with Crippen molar-refractivity contribution in [3.63, 3.8) is 0 Å². The summed E-state index contributed by atoms with van der Waals surface area (Å²) in [5, 5.41) is 59.5. The van der Waals surface area contributed by atoms with Gasteiger partial charge in [0.2, 0.25) is 0 Å². The van der Waals surface area contributed by atoms with E-state index in [9.17, 15) is 30.6 Å². The molecule has 4 saturated heterocycles. The second kappa shape index (κ2) is 6.75. The molecule has 0 amide bonds. The van der Waals surface area contributed by atoms with Crippen molar-refractivity contribution in [2.45, 2.75) is 66.8 Å². The van der Waals surface area contributed by atoms with Crippen LogP contribution in [0.25, 0.3) is 0 Å². The Morgan fingerprint density at radius 3 is 2.42 bits per heavy atom. The van der Waals surface area contributed by atoms with Crippen molar-refractivity contribution in [2.75, 3.05) is 13.2 Å². The van der Waals surface area contributed by atoms with Gasteiger partial charge in [-0.2, -0.15) is 0 Å². The molecule has 5 rings (SSSR count). The molecule has 11 heteroatoms. The molecule has 4 bridgehead atoms. The highest BCUT2D eigenvalue weighted by atomic mass is 35.5. The molecular formula is C15H23ClO10. The normalized spacial score (nSPS) is 59.4. The van der Waals surface area contributed by atoms with Crippen LogP contribution >= 0.6 is 11.6 Å². The van der Waals surface area contributed by atoms with Gasteiger partial charge in [0, 0.05) is 18.3 Å². The van der Waals surface area contributed by atoms with Crippen molar-refractivity contribution in [1.82, 2.24) is 0 Å². The van der Waals surface area contributed by atoms with E-state index in [0.29, 0.717) is 6.42 Å².